The molecule has 0 N–H and O–H groups in total. The summed E-state index contributed by atoms with van der Waals surface area (Å²) in [6.45, 7) is 9.91. The topological polar surface area (TPSA) is 21.1 Å². The molecule has 0 spiro atoms. The second-order valence-electron chi connectivity index (χ2n) is 4.27. The average Bonchev–Trinajstić information content (AvgIpc) is 2.79. The zero-order valence-corrected chi connectivity index (χ0v) is 11.2. The summed E-state index contributed by atoms with van der Waals surface area (Å²) in [5.74, 6) is 0. The molecule has 1 unspecified atom stereocenters. The van der Waals surface area contributed by atoms with E-state index in [1.54, 1.807) is 0 Å². The van der Waals surface area contributed by atoms with Gasteiger partial charge >= 0.3 is 0 Å². The Kier molecular flexibility index (Phi) is 3.16. The molecule has 0 saturated carbocycles. The molecule has 1 fully saturated rings. The van der Waals surface area contributed by atoms with Crippen molar-refractivity contribution < 1.29 is 0 Å². The monoisotopic (exact) mass is 271 g/mol. The van der Waals surface area contributed by atoms with E-state index in [1.807, 2.05) is 0 Å². The maximum atomic E-state index is 4.60. The van der Waals surface area contributed by atoms with Crippen LogP contribution in [0.3, 0.4) is 0 Å². The minimum atomic E-state index is 0.565. The van der Waals surface area contributed by atoms with Crippen LogP contribution in [-0.2, 0) is 0 Å². The van der Waals surface area contributed by atoms with Crippen LogP contribution in [0.1, 0.15) is 30.8 Å². The molecule has 1 aliphatic heterocycles. The highest BCUT2D eigenvalue weighted by Gasteiger charge is 2.25. The quantitative estimate of drug-likeness (QED) is 0.825. The Hall–Kier alpha value is -0.350. The van der Waals surface area contributed by atoms with Gasteiger partial charge in [0, 0.05) is 13.1 Å². The van der Waals surface area contributed by atoms with Crippen LogP contribution >= 0.6 is 15.9 Å². The van der Waals surface area contributed by atoms with Gasteiger partial charge < -0.3 is 4.90 Å². The molecule has 3 nitrogen and oxygen atoms in total. The van der Waals surface area contributed by atoms with Gasteiger partial charge in [-0.2, -0.15) is 5.10 Å². The first kappa shape index (κ1) is 11.1. The molecule has 1 aliphatic rings. The van der Waals surface area contributed by atoms with Gasteiger partial charge in [-0.3, -0.25) is 4.68 Å². The van der Waals surface area contributed by atoms with E-state index >= 15 is 0 Å². The van der Waals surface area contributed by atoms with Crippen molar-refractivity contribution >= 4 is 15.9 Å². The van der Waals surface area contributed by atoms with Crippen LogP contribution in [0.2, 0.25) is 0 Å². The summed E-state index contributed by atoms with van der Waals surface area (Å²) in [4.78, 5) is 2.48. The van der Waals surface area contributed by atoms with Crippen molar-refractivity contribution in [2.24, 2.45) is 0 Å². The third kappa shape index (κ3) is 1.97. The molecular weight excluding hydrogens is 254 g/mol. The largest absolute Gasteiger partial charge is 0.301 e. The molecule has 1 saturated heterocycles. The van der Waals surface area contributed by atoms with Crippen LogP contribution in [0, 0.1) is 13.8 Å². The number of hydrogen-bond donors (Lipinski definition) is 0. The predicted octanol–water partition coefficient (Wildman–Crippen LogP) is 2.53. The normalized spacial score (nSPS) is 22.5. The molecule has 15 heavy (non-hydrogen) atoms. The van der Waals surface area contributed by atoms with E-state index in [0.29, 0.717) is 6.04 Å². The molecule has 84 valence electrons. The number of likely N-dealkylation sites (tertiary alicyclic amines) is 1. The number of rotatable bonds is 2. The molecule has 0 aromatic carbocycles. The average molecular weight is 272 g/mol. The third-order valence-corrected chi connectivity index (χ3v) is 4.42. The molecule has 1 aromatic heterocycles. The Balaban J connectivity index is 2.20. The van der Waals surface area contributed by atoms with Crippen molar-refractivity contribution in [1.29, 1.82) is 0 Å². The van der Waals surface area contributed by atoms with E-state index in [0.717, 1.165) is 23.3 Å². The van der Waals surface area contributed by atoms with Crippen molar-refractivity contribution in [3.05, 3.63) is 15.9 Å². The molecule has 1 atom stereocenters. The fourth-order valence-corrected chi connectivity index (χ4v) is 2.56. The smallest absolute Gasteiger partial charge is 0.0738 e. The second kappa shape index (κ2) is 4.26. The Labute approximate surface area is 99.6 Å². The van der Waals surface area contributed by atoms with E-state index < -0.39 is 0 Å². The van der Waals surface area contributed by atoms with Crippen LogP contribution < -0.4 is 0 Å². The predicted molar refractivity (Wildman–Crippen MR) is 65.2 cm³/mol. The van der Waals surface area contributed by atoms with Crippen LogP contribution in [-0.4, -0.2) is 34.3 Å². The number of aryl methyl sites for hydroxylation is 1. The molecule has 4 heteroatoms. The van der Waals surface area contributed by atoms with Gasteiger partial charge in [-0.25, -0.2) is 0 Å². The van der Waals surface area contributed by atoms with Crippen molar-refractivity contribution in [3.63, 3.8) is 0 Å². The van der Waals surface area contributed by atoms with Gasteiger partial charge in [0.05, 0.1) is 21.9 Å². The highest BCUT2D eigenvalue weighted by molar-refractivity contribution is 9.10. The summed E-state index contributed by atoms with van der Waals surface area (Å²) in [6, 6.07) is 0.565. The van der Waals surface area contributed by atoms with Crippen molar-refractivity contribution in [3.8, 4) is 0 Å². The van der Waals surface area contributed by atoms with E-state index in [2.05, 4.69) is 51.4 Å². The van der Waals surface area contributed by atoms with Gasteiger partial charge in [-0.1, -0.05) is 6.92 Å². The summed E-state index contributed by atoms with van der Waals surface area (Å²) >= 11 is 3.58. The molecule has 2 heterocycles. The summed E-state index contributed by atoms with van der Waals surface area (Å²) < 4.78 is 3.35. The van der Waals surface area contributed by atoms with E-state index in [1.165, 1.54) is 18.7 Å². The van der Waals surface area contributed by atoms with E-state index in [4.69, 9.17) is 0 Å². The zero-order chi connectivity index (χ0) is 11.0. The molecule has 2 rings (SSSR count). The lowest BCUT2D eigenvalue weighted by Crippen LogP contribution is -2.21. The fraction of sp³-hybridized carbons (Fsp3) is 0.727. The minimum Gasteiger partial charge on any atom is -0.301 e. The molecule has 1 aromatic rings. The molecular formula is C11H18BrN3. The van der Waals surface area contributed by atoms with Gasteiger partial charge in [0.1, 0.15) is 0 Å². The number of halogens is 1. The summed E-state index contributed by atoms with van der Waals surface area (Å²) in [6.07, 6.45) is 1.22. The van der Waals surface area contributed by atoms with Gasteiger partial charge in [0.2, 0.25) is 0 Å². The maximum Gasteiger partial charge on any atom is 0.0738 e. The van der Waals surface area contributed by atoms with Crippen molar-refractivity contribution in [2.45, 2.75) is 33.2 Å². The van der Waals surface area contributed by atoms with Crippen LogP contribution in [0.4, 0.5) is 0 Å². The Morgan fingerprint density at radius 3 is 2.67 bits per heavy atom. The van der Waals surface area contributed by atoms with Gasteiger partial charge in [-0.05, 0) is 42.7 Å². The van der Waals surface area contributed by atoms with Gasteiger partial charge in [0.15, 0.2) is 0 Å². The maximum absolute atomic E-state index is 4.60. The lowest BCUT2D eigenvalue weighted by molar-refractivity contribution is 0.334. The summed E-state index contributed by atoms with van der Waals surface area (Å²) in [5, 5.41) is 4.60. The third-order valence-electron chi connectivity index (χ3n) is 3.28. The highest BCUT2D eigenvalue weighted by atomic mass is 79.9. The first-order valence-electron chi connectivity index (χ1n) is 5.57. The van der Waals surface area contributed by atoms with Gasteiger partial charge in [-0.15, -0.1) is 0 Å². The number of aromatic nitrogens is 2. The molecule has 0 radical (unpaired) electrons. The second-order valence-corrected chi connectivity index (χ2v) is 5.06. The van der Waals surface area contributed by atoms with E-state index in [9.17, 15) is 0 Å². The summed E-state index contributed by atoms with van der Waals surface area (Å²) in [7, 11) is 0. The van der Waals surface area contributed by atoms with Crippen LogP contribution in [0.5, 0.6) is 0 Å². The number of nitrogens with zero attached hydrogens (tertiary/aromatic N) is 3. The van der Waals surface area contributed by atoms with E-state index in [-0.39, 0.29) is 0 Å². The molecule has 0 amide bonds. The minimum absolute atomic E-state index is 0.565. The Morgan fingerprint density at radius 1 is 1.47 bits per heavy atom. The zero-order valence-electron chi connectivity index (χ0n) is 9.63. The number of hydrogen-bond acceptors (Lipinski definition) is 2. The Bertz CT molecular complexity index is 359. The van der Waals surface area contributed by atoms with Gasteiger partial charge in [0.25, 0.3) is 0 Å². The fourth-order valence-electron chi connectivity index (χ4n) is 2.30. The van der Waals surface area contributed by atoms with Crippen LogP contribution in [0.15, 0.2) is 4.47 Å². The van der Waals surface area contributed by atoms with Crippen molar-refractivity contribution in [2.75, 3.05) is 19.6 Å². The molecule has 0 aliphatic carbocycles. The lowest BCUT2D eigenvalue weighted by Gasteiger charge is -2.14. The number of likely N-dealkylation sites (N-methyl/N-ethyl adjacent to an activating group) is 1. The SMILES string of the molecule is CCN1CCC(n2nc(C)c(Br)c2C)C1. The van der Waals surface area contributed by atoms with Crippen molar-refractivity contribution in [1.82, 2.24) is 14.7 Å². The first-order chi connectivity index (χ1) is 7.13. The summed E-state index contributed by atoms with van der Waals surface area (Å²) in [5.41, 5.74) is 2.36. The standard InChI is InChI=1S/C11H18BrN3/c1-4-14-6-5-10(7-14)15-9(3)11(12)8(2)13-15/h10H,4-7H2,1-3H3. The van der Waals surface area contributed by atoms with Crippen LogP contribution in [0.25, 0.3) is 0 Å². The first-order valence-corrected chi connectivity index (χ1v) is 6.36. The highest BCUT2D eigenvalue weighted by Crippen LogP contribution is 2.27. The Morgan fingerprint density at radius 2 is 2.20 bits per heavy atom. The lowest BCUT2D eigenvalue weighted by atomic mass is 10.2. The molecule has 0 bridgehead atoms.